The van der Waals surface area contributed by atoms with E-state index in [0.29, 0.717) is 18.0 Å². The molecule has 3 unspecified atom stereocenters. The van der Waals surface area contributed by atoms with E-state index in [2.05, 4.69) is 119 Å². The van der Waals surface area contributed by atoms with Gasteiger partial charge in [-0.25, -0.2) is 9.97 Å². The zero-order valence-electron chi connectivity index (χ0n) is 25.9. The van der Waals surface area contributed by atoms with E-state index in [1.54, 1.807) is 11.3 Å². The Bertz CT molecular complexity index is 2270. The van der Waals surface area contributed by atoms with E-state index in [4.69, 9.17) is 9.97 Å². The summed E-state index contributed by atoms with van der Waals surface area (Å²) in [5.74, 6) is 1.12. The van der Waals surface area contributed by atoms with Gasteiger partial charge in [0.15, 0.2) is 0 Å². The highest BCUT2D eigenvalue weighted by Gasteiger charge is 2.44. The number of hydrogen-bond donors (Lipinski definition) is 0. The Morgan fingerprint density at radius 2 is 1.80 bits per heavy atom. The Kier molecular flexibility index (Phi) is 5.87. The van der Waals surface area contributed by atoms with Gasteiger partial charge in [0.25, 0.3) is 0 Å². The van der Waals surface area contributed by atoms with Crippen molar-refractivity contribution in [3.8, 4) is 5.95 Å². The highest BCUT2D eigenvalue weighted by Crippen LogP contribution is 2.51. The molecule has 2 aromatic carbocycles. The maximum atomic E-state index is 5.06. The van der Waals surface area contributed by atoms with Crippen LogP contribution in [0.1, 0.15) is 60.1 Å². The second-order valence-corrected chi connectivity index (χ2v) is 13.4. The molecule has 0 bridgehead atoms. The van der Waals surface area contributed by atoms with Crippen molar-refractivity contribution in [2.24, 2.45) is 5.92 Å². The summed E-state index contributed by atoms with van der Waals surface area (Å²) in [6.45, 7) is 0. The van der Waals surface area contributed by atoms with Crippen molar-refractivity contribution in [1.82, 2.24) is 19.4 Å². The molecule has 4 aromatic rings. The molecule has 3 atom stereocenters. The molecule has 0 N–H and O–H groups in total. The lowest BCUT2D eigenvalue weighted by Crippen LogP contribution is -2.40. The number of fused-ring (bicyclic) bond motifs is 8. The predicted octanol–water partition coefficient (Wildman–Crippen LogP) is 7.23. The van der Waals surface area contributed by atoms with E-state index in [1.807, 2.05) is 6.20 Å². The molecule has 4 heteroatoms. The van der Waals surface area contributed by atoms with E-state index in [0.717, 1.165) is 61.5 Å². The fraction of sp³-hybridized carbons (Fsp3) is 0.238. The fourth-order valence-corrected chi connectivity index (χ4v) is 8.85. The molecule has 0 radical (unpaired) electrons. The van der Waals surface area contributed by atoms with Gasteiger partial charge in [-0.2, -0.15) is 0 Å². The van der Waals surface area contributed by atoms with Crippen molar-refractivity contribution in [2.75, 3.05) is 0 Å². The Labute approximate surface area is 269 Å². The van der Waals surface area contributed by atoms with Gasteiger partial charge in [-0.05, 0) is 84.9 Å². The van der Waals surface area contributed by atoms with Gasteiger partial charge in [0.05, 0.1) is 22.9 Å². The first kappa shape index (κ1) is 26.3. The molecule has 0 fully saturated rings. The highest BCUT2D eigenvalue weighted by atomic mass is 15.2. The van der Waals surface area contributed by atoms with Crippen LogP contribution in [0.25, 0.3) is 46.2 Å². The van der Waals surface area contributed by atoms with Crippen LogP contribution in [0.4, 0.5) is 0 Å². The van der Waals surface area contributed by atoms with Crippen LogP contribution in [0.5, 0.6) is 0 Å². The molecule has 1 aliphatic heterocycles. The van der Waals surface area contributed by atoms with E-state index < -0.39 is 0 Å². The van der Waals surface area contributed by atoms with Crippen LogP contribution in [-0.2, 0) is 12.8 Å². The zero-order valence-corrected chi connectivity index (χ0v) is 25.9. The third-order valence-corrected chi connectivity index (χ3v) is 10.9. The molecular formula is C42H36N4. The lowest BCUT2D eigenvalue weighted by molar-refractivity contribution is 0.244. The molecule has 4 nitrogen and oxygen atoms in total. The van der Waals surface area contributed by atoms with E-state index >= 15 is 0 Å². The summed E-state index contributed by atoms with van der Waals surface area (Å²) in [5, 5.41) is 3.49. The molecule has 5 aliphatic carbocycles. The van der Waals surface area contributed by atoms with Gasteiger partial charge >= 0.3 is 0 Å². The standard InChI is InChI=1S/C42H36N4/c1-2-12-31(13-3-1)45-39-22-20-29(25-35(39)41-32-14-6-4-10-27(32)18-23-40(41)45)28-19-21-38-34(24-28)33-15-7-9-17-37(33)46(38)42-43-26-30-11-5-8-16-36(30)44-42/h1-4,6-7,10-12,14-16,19-22,24-26,31,35,39H,5,8-9,13,17-18,23H2. The van der Waals surface area contributed by atoms with Crippen LogP contribution in [-0.4, -0.2) is 31.5 Å². The topological polar surface area (TPSA) is 34.0 Å². The highest BCUT2D eigenvalue weighted by molar-refractivity contribution is 5.96. The average molecular weight is 597 g/mol. The van der Waals surface area contributed by atoms with Crippen LogP contribution >= 0.6 is 0 Å². The van der Waals surface area contributed by atoms with Crippen LogP contribution in [0, 0.1) is 5.92 Å². The minimum atomic E-state index is 0.335. The lowest BCUT2D eigenvalue weighted by Gasteiger charge is -2.37. The van der Waals surface area contributed by atoms with Gasteiger partial charge < -0.3 is 4.90 Å². The molecule has 0 amide bonds. The van der Waals surface area contributed by atoms with Gasteiger partial charge in [0.1, 0.15) is 0 Å². The number of nitrogens with zero attached hydrogens (tertiary/aromatic N) is 4. The summed E-state index contributed by atoms with van der Waals surface area (Å²) in [7, 11) is 0. The number of rotatable bonds is 3. The number of allylic oxidation sites excluding steroid dienone is 6. The summed E-state index contributed by atoms with van der Waals surface area (Å²) >= 11 is 0. The Morgan fingerprint density at radius 1 is 0.848 bits per heavy atom. The monoisotopic (exact) mass is 596 g/mol. The third-order valence-electron chi connectivity index (χ3n) is 10.9. The first-order chi connectivity index (χ1) is 22.8. The SMILES string of the molecule is C1=CCC(N2C3=C(c4ccccc4CC3)C3C=C(c4ccc5c(c4)c4c(n5-c5ncc6c(n5)=CCCC=6)CCC=C4)C=CC32)C=C1. The molecule has 46 heavy (non-hydrogen) atoms. The average Bonchev–Trinajstić information content (AvgIpc) is 3.64. The quantitative estimate of drug-likeness (QED) is 0.250. The Hall–Kier alpha value is -4.96. The molecule has 0 spiro atoms. The first-order valence-electron chi connectivity index (χ1n) is 17.0. The summed E-state index contributed by atoms with van der Waals surface area (Å²) in [4.78, 5) is 12.7. The molecule has 0 saturated carbocycles. The molecule has 0 saturated heterocycles. The van der Waals surface area contributed by atoms with Crippen molar-refractivity contribution in [2.45, 2.75) is 57.0 Å². The van der Waals surface area contributed by atoms with Gasteiger partial charge in [0, 0.05) is 39.7 Å². The largest absolute Gasteiger partial charge is 0.360 e. The van der Waals surface area contributed by atoms with Gasteiger partial charge in [0.2, 0.25) is 5.95 Å². The van der Waals surface area contributed by atoms with Crippen LogP contribution < -0.4 is 10.6 Å². The normalized spacial score (nSPS) is 23.7. The maximum absolute atomic E-state index is 5.06. The van der Waals surface area contributed by atoms with E-state index in [-0.39, 0.29) is 0 Å². The first-order valence-corrected chi connectivity index (χ1v) is 17.0. The maximum Gasteiger partial charge on any atom is 0.234 e. The van der Waals surface area contributed by atoms with Gasteiger partial charge in [-0.3, -0.25) is 4.57 Å². The Morgan fingerprint density at radius 3 is 2.76 bits per heavy atom. The van der Waals surface area contributed by atoms with Crippen molar-refractivity contribution in [3.05, 3.63) is 141 Å². The minimum absolute atomic E-state index is 0.335. The second-order valence-electron chi connectivity index (χ2n) is 13.4. The van der Waals surface area contributed by atoms with Gasteiger partial charge in [-0.15, -0.1) is 0 Å². The molecule has 6 aliphatic rings. The molecule has 2 aromatic heterocycles. The molecular weight excluding hydrogens is 560 g/mol. The lowest BCUT2D eigenvalue weighted by atomic mass is 9.79. The summed E-state index contributed by atoms with van der Waals surface area (Å²) in [6, 6.07) is 16.9. The van der Waals surface area contributed by atoms with Crippen molar-refractivity contribution >= 4 is 40.3 Å². The number of hydrogen-bond acceptors (Lipinski definition) is 3. The minimum Gasteiger partial charge on any atom is -0.360 e. The van der Waals surface area contributed by atoms with Crippen molar-refractivity contribution in [1.29, 1.82) is 0 Å². The van der Waals surface area contributed by atoms with E-state index in [9.17, 15) is 0 Å². The molecule has 3 heterocycles. The smallest absolute Gasteiger partial charge is 0.234 e. The molecule has 224 valence electrons. The number of benzene rings is 2. The summed E-state index contributed by atoms with van der Waals surface area (Å²) in [6.07, 6.45) is 35.2. The van der Waals surface area contributed by atoms with E-state index in [1.165, 1.54) is 44.4 Å². The van der Waals surface area contributed by atoms with Gasteiger partial charge in [-0.1, -0.05) is 97.2 Å². The fourth-order valence-electron chi connectivity index (χ4n) is 8.85. The summed E-state index contributed by atoms with van der Waals surface area (Å²) < 4.78 is 2.32. The van der Waals surface area contributed by atoms with Crippen LogP contribution in [0.15, 0.2) is 103 Å². The number of aryl methyl sites for hydroxylation is 1. The van der Waals surface area contributed by atoms with Crippen LogP contribution in [0.2, 0.25) is 0 Å². The second kappa shape index (κ2) is 10.3. The Balaban J connectivity index is 1.10. The van der Waals surface area contributed by atoms with Crippen molar-refractivity contribution < 1.29 is 0 Å². The van der Waals surface area contributed by atoms with Crippen molar-refractivity contribution in [3.63, 3.8) is 0 Å². The summed E-state index contributed by atoms with van der Waals surface area (Å²) in [5.41, 5.74) is 12.5. The van der Waals surface area contributed by atoms with Crippen LogP contribution in [0.3, 0.4) is 0 Å². The zero-order chi connectivity index (χ0) is 30.2. The predicted molar refractivity (Wildman–Crippen MR) is 188 cm³/mol. The molecule has 10 rings (SSSR count). The number of aromatic nitrogens is 3. The third kappa shape index (κ3) is 3.92.